The van der Waals surface area contributed by atoms with Gasteiger partial charge in [0.15, 0.2) is 11.5 Å². The van der Waals surface area contributed by atoms with Crippen molar-refractivity contribution in [2.24, 2.45) is 0 Å². The number of nitrogens with zero attached hydrogens (tertiary/aromatic N) is 2. The first kappa shape index (κ1) is 12.5. The van der Waals surface area contributed by atoms with Crippen LogP contribution >= 0.6 is 0 Å². The van der Waals surface area contributed by atoms with Crippen LogP contribution in [0.1, 0.15) is 0 Å². The van der Waals surface area contributed by atoms with E-state index in [2.05, 4.69) is 15.6 Å². The Kier molecular flexibility index (Phi) is 3.54. The van der Waals surface area contributed by atoms with Gasteiger partial charge in [0.2, 0.25) is 0 Å². The number of benzene rings is 2. The van der Waals surface area contributed by atoms with E-state index in [-0.39, 0.29) is 0 Å². The predicted octanol–water partition coefficient (Wildman–Crippen LogP) is 3.12. The Morgan fingerprint density at radius 3 is 2.60 bits per heavy atom. The smallest absolute Gasteiger partial charge is 0.161 e. The minimum atomic E-state index is 0.570. The third-order valence-electron chi connectivity index (χ3n) is 3.19. The van der Waals surface area contributed by atoms with Crippen LogP contribution in [0.2, 0.25) is 0 Å². The molecule has 0 saturated carbocycles. The van der Waals surface area contributed by atoms with Crippen LogP contribution in [0.15, 0.2) is 54.9 Å². The van der Waals surface area contributed by atoms with Gasteiger partial charge in [0.05, 0.1) is 31.0 Å². The lowest BCUT2D eigenvalue weighted by Gasteiger charge is -2.10. The van der Waals surface area contributed by atoms with Crippen molar-refractivity contribution in [3.05, 3.63) is 54.9 Å². The van der Waals surface area contributed by atoms with E-state index in [0.29, 0.717) is 6.61 Å². The SMILES string of the molecule is COc1ccccc1OCCn1cnc2ccccc21. The molecule has 2 aromatic carbocycles. The molecule has 0 aliphatic carbocycles. The molecule has 3 aromatic rings. The van der Waals surface area contributed by atoms with Crippen LogP contribution in [0.4, 0.5) is 0 Å². The number of ether oxygens (including phenoxy) is 2. The van der Waals surface area contributed by atoms with Crippen molar-refractivity contribution in [1.29, 1.82) is 0 Å². The largest absolute Gasteiger partial charge is 0.493 e. The second-order valence-corrected chi connectivity index (χ2v) is 4.43. The lowest BCUT2D eigenvalue weighted by atomic mass is 10.3. The van der Waals surface area contributed by atoms with Crippen LogP contribution in [0, 0.1) is 0 Å². The molecule has 1 heterocycles. The Balaban J connectivity index is 1.68. The average molecular weight is 268 g/mol. The Morgan fingerprint density at radius 1 is 1.00 bits per heavy atom. The van der Waals surface area contributed by atoms with Crippen molar-refractivity contribution in [1.82, 2.24) is 9.55 Å². The van der Waals surface area contributed by atoms with Crippen LogP contribution in [-0.2, 0) is 6.54 Å². The molecule has 0 aliphatic heterocycles. The van der Waals surface area contributed by atoms with Crippen LogP contribution in [0.25, 0.3) is 11.0 Å². The van der Waals surface area contributed by atoms with Gasteiger partial charge >= 0.3 is 0 Å². The predicted molar refractivity (Wildman–Crippen MR) is 78.2 cm³/mol. The van der Waals surface area contributed by atoms with Crippen molar-refractivity contribution in [2.45, 2.75) is 6.54 Å². The first-order chi connectivity index (χ1) is 9.88. The zero-order valence-corrected chi connectivity index (χ0v) is 11.3. The second-order valence-electron chi connectivity index (χ2n) is 4.43. The molecule has 0 aliphatic rings. The molecule has 0 N–H and O–H groups in total. The Hall–Kier alpha value is -2.49. The minimum Gasteiger partial charge on any atom is -0.493 e. The van der Waals surface area contributed by atoms with Gasteiger partial charge < -0.3 is 14.0 Å². The normalized spacial score (nSPS) is 10.7. The van der Waals surface area contributed by atoms with Crippen LogP contribution in [0.3, 0.4) is 0 Å². The monoisotopic (exact) mass is 268 g/mol. The number of rotatable bonds is 5. The molecule has 4 nitrogen and oxygen atoms in total. The van der Waals surface area contributed by atoms with Gasteiger partial charge in [-0.15, -0.1) is 0 Å². The molecular weight excluding hydrogens is 252 g/mol. The van der Waals surface area contributed by atoms with Crippen molar-refractivity contribution < 1.29 is 9.47 Å². The molecule has 0 radical (unpaired) electrons. The molecule has 0 spiro atoms. The Bertz CT molecular complexity index is 706. The van der Waals surface area contributed by atoms with Gasteiger partial charge in [-0.2, -0.15) is 0 Å². The summed E-state index contributed by atoms with van der Waals surface area (Å²) in [6, 6.07) is 15.7. The van der Waals surface area contributed by atoms with Gasteiger partial charge in [-0.25, -0.2) is 4.98 Å². The molecule has 0 amide bonds. The van der Waals surface area contributed by atoms with Crippen LogP contribution in [0.5, 0.6) is 11.5 Å². The number of methoxy groups -OCH3 is 1. The lowest BCUT2D eigenvalue weighted by molar-refractivity contribution is 0.281. The molecule has 102 valence electrons. The maximum absolute atomic E-state index is 5.78. The summed E-state index contributed by atoms with van der Waals surface area (Å²) >= 11 is 0. The first-order valence-electron chi connectivity index (χ1n) is 6.54. The number of hydrogen-bond acceptors (Lipinski definition) is 3. The molecule has 20 heavy (non-hydrogen) atoms. The quantitative estimate of drug-likeness (QED) is 0.713. The fourth-order valence-corrected chi connectivity index (χ4v) is 2.18. The van der Waals surface area contributed by atoms with Crippen LogP contribution in [-0.4, -0.2) is 23.3 Å². The van der Waals surface area contributed by atoms with Crippen LogP contribution < -0.4 is 9.47 Å². The number of aromatic nitrogens is 2. The summed E-state index contributed by atoms with van der Waals surface area (Å²) in [5, 5.41) is 0. The highest BCUT2D eigenvalue weighted by molar-refractivity contribution is 5.74. The van der Waals surface area contributed by atoms with E-state index in [0.717, 1.165) is 29.1 Å². The van der Waals surface area contributed by atoms with Gasteiger partial charge in [0.1, 0.15) is 6.61 Å². The molecule has 0 saturated heterocycles. The average Bonchev–Trinajstić information content (AvgIpc) is 2.91. The van der Waals surface area contributed by atoms with E-state index in [1.54, 1.807) is 7.11 Å². The van der Waals surface area contributed by atoms with Gasteiger partial charge in [-0.1, -0.05) is 24.3 Å². The summed E-state index contributed by atoms with van der Waals surface area (Å²) in [6.07, 6.45) is 1.84. The summed E-state index contributed by atoms with van der Waals surface area (Å²) in [4.78, 5) is 4.36. The van der Waals surface area contributed by atoms with E-state index < -0.39 is 0 Å². The van der Waals surface area contributed by atoms with E-state index in [9.17, 15) is 0 Å². The van der Waals surface area contributed by atoms with E-state index in [1.165, 1.54) is 0 Å². The van der Waals surface area contributed by atoms with Gasteiger partial charge in [0, 0.05) is 0 Å². The summed E-state index contributed by atoms with van der Waals surface area (Å²) in [5.41, 5.74) is 2.13. The molecule has 1 aromatic heterocycles. The van der Waals surface area contributed by atoms with E-state index in [4.69, 9.17) is 9.47 Å². The molecule has 0 atom stereocenters. The standard InChI is InChI=1S/C16H16N2O2/c1-19-15-8-4-5-9-16(15)20-11-10-18-12-17-13-6-2-3-7-14(13)18/h2-9,12H,10-11H2,1H3. The number of hydrogen-bond donors (Lipinski definition) is 0. The Morgan fingerprint density at radius 2 is 1.75 bits per heavy atom. The van der Waals surface area contributed by atoms with E-state index in [1.807, 2.05) is 48.8 Å². The van der Waals surface area contributed by atoms with Gasteiger partial charge in [-0.3, -0.25) is 0 Å². The number of para-hydroxylation sites is 4. The zero-order valence-electron chi connectivity index (χ0n) is 11.3. The molecule has 0 unspecified atom stereocenters. The third kappa shape index (κ3) is 2.45. The first-order valence-corrected chi connectivity index (χ1v) is 6.54. The number of imidazole rings is 1. The Labute approximate surface area is 117 Å². The minimum absolute atomic E-state index is 0.570. The number of fused-ring (bicyclic) bond motifs is 1. The highest BCUT2D eigenvalue weighted by atomic mass is 16.5. The highest BCUT2D eigenvalue weighted by Crippen LogP contribution is 2.25. The molecule has 0 fully saturated rings. The second kappa shape index (κ2) is 5.65. The highest BCUT2D eigenvalue weighted by Gasteiger charge is 2.04. The van der Waals surface area contributed by atoms with Crippen molar-refractivity contribution in [3.8, 4) is 11.5 Å². The summed E-state index contributed by atoms with van der Waals surface area (Å²) in [7, 11) is 1.64. The zero-order chi connectivity index (χ0) is 13.8. The van der Waals surface area contributed by atoms with Crippen molar-refractivity contribution >= 4 is 11.0 Å². The summed E-state index contributed by atoms with van der Waals surface area (Å²) < 4.78 is 13.1. The van der Waals surface area contributed by atoms with Gasteiger partial charge in [0.25, 0.3) is 0 Å². The fraction of sp³-hybridized carbons (Fsp3) is 0.188. The third-order valence-corrected chi connectivity index (χ3v) is 3.19. The van der Waals surface area contributed by atoms with Crippen molar-refractivity contribution in [3.63, 3.8) is 0 Å². The van der Waals surface area contributed by atoms with E-state index >= 15 is 0 Å². The molecule has 3 rings (SSSR count). The molecule has 4 heteroatoms. The summed E-state index contributed by atoms with van der Waals surface area (Å²) in [5.74, 6) is 1.52. The van der Waals surface area contributed by atoms with Gasteiger partial charge in [-0.05, 0) is 24.3 Å². The molecule has 0 bridgehead atoms. The molecular formula is C16H16N2O2. The topological polar surface area (TPSA) is 36.3 Å². The maximum Gasteiger partial charge on any atom is 0.161 e. The lowest BCUT2D eigenvalue weighted by Crippen LogP contribution is -2.07. The van der Waals surface area contributed by atoms with Crippen molar-refractivity contribution in [2.75, 3.05) is 13.7 Å². The summed E-state index contributed by atoms with van der Waals surface area (Å²) in [6.45, 7) is 1.32. The maximum atomic E-state index is 5.78. The fourth-order valence-electron chi connectivity index (χ4n) is 2.18.